The molecule has 5 nitrogen and oxygen atoms in total. The zero-order valence-electron chi connectivity index (χ0n) is 9.34. The molecule has 1 aromatic carbocycles. The van der Waals surface area contributed by atoms with Gasteiger partial charge < -0.3 is 5.73 Å². The number of benzene rings is 1. The van der Waals surface area contributed by atoms with Gasteiger partial charge in [0.2, 0.25) is 10.0 Å². The summed E-state index contributed by atoms with van der Waals surface area (Å²) in [5.41, 5.74) is 6.70. The highest BCUT2D eigenvalue weighted by Gasteiger charge is 2.17. The molecule has 0 aliphatic heterocycles. The predicted molar refractivity (Wildman–Crippen MR) is 67.0 cm³/mol. The van der Waals surface area contributed by atoms with Gasteiger partial charge in [0.1, 0.15) is 4.90 Å². The molecule has 17 heavy (non-hydrogen) atoms. The lowest BCUT2D eigenvalue weighted by Gasteiger charge is -2.08. The van der Waals surface area contributed by atoms with Crippen molar-refractivity contribution in [3.8, 4) is 0 Å². The van der Waals surface area contributed by atoms with Crippen LogP contribution in [0.5, 0.6) is 0 Å². The van der Waals surface area contributed by atoms with Gasteiger partial charge in [-0.1, -0.05) is 6.92 Å². The van der Waals surface area contributed by atoms with Crippen molar-refractivity contribution in [3.05, 3.63) is 30.5 Å². The molecule has 1 aromatic heterocycles. The molecule has 0 spiro atoms. The summed E-state index contributed by atoms with van der Waals surface area (Å²) < 4.78 is 26.4. The number of sulfonamides is 1. The van der Waals surface area contributed by atoms with Gasteiger partial charge in [-0.3, -0.25) is 4.98 Å². The van der Waals surface area contributed by atoms with Crippen LogP contribution in [-0.4, -0.2) is 19.9 Å². The molecule has 0 radical (unpaired) electrons. The van der Waals surface area contributed by atoms with Crippen molar-refractivity contribution in [1.82, 2.24) is 9.71 Å². The second-order valence-corrected chi connectivity index (χ2v) is 5.29. The lowest BCUT2D eigenvalue weighted by atomic mass is 10.2. The first-order valence-corrected chi connectivity index (χ1v) is 6.67. The Bertz CT molecular complexity index is 653. The SMILES string of the molecule is CCNS(=O)(=O)c1ccc(N)c2cccnc12. The first-order chi connectivity index (χ1) is 8.06. The number of hydrogen-bond acceptors (Lipinski definition) is 4. The quantitative estimate of drug-likeness (QED) is 0.800. The van der Waals surface area contributed by atoms with Crippen molar-refractivity contribution in [2.45, 2.75) is 11.8 Å². The van der Waals surface area contributed by atoms with Gasteiger partial charge in [-0.25, -0.2) is 13.1 Å². The summed E-state index contributed by atoms with van der Waals surface area (Å²) in [4.78, 5) is 4.25. The van der Waals surface area contributed by atoms with Gasteiger partial charge in [0.05, 0.1) is 5.52 Å². The number of fused-ring (bicyclic) bond motifs is 1. The molecular weight excluding hydrogens is 238 g/mol. The molecule has 0 aliphatic carbocycles. The first-order valence-electron chi connectivity index (χ1n) is 5.19. The molecule has 0 saturated heterocycles. The Morgan fingerprint density at radius 3 is 2.82 bits per heavy atom. The highest BCUT2D eigenvalue weighted by molar-refractivity contribution is 7.89. The van der Waals surface area contributed by atoms with Crippen molar-refractivity contribution in [2.75, 3.05) is 12.3 Å². The van der Waals surface area contributed by atoms with Crippen LogP contribution in [-0.2, 0) is 10.0 Å². The maximum atomic E-state index is 12.0. The number of hydrogen-bond donors (Lipinski definition) is 2. The standard InChI is InChI=1S/C11H13N3O2S/c1-2-14-17(15,16)10-6-5-9(12)8-4-3-7-13-11(8)10/h3-7,14H,2,12H2,1H3. The Labute approximate surface area is 99.7 Å². The van der Waals surface area contributed by atoms with E-state index in [1.807, 2.05) is 0 Å². The van der Waals surface area contributed by atoms with E-state index in [0.717, 1.165) is 0 Å². The minimum atomic E-state index is -3.52. The van der Waals surface area contributed by atoms with E-state index in [0.29, 0.717) is 23.1 Å². The first kappa shape index (κ1) is 11.8. The van der Waals surface area contributed by atoms with Crippen LogP contribution in [0.15, 0.2) is 35.4 Å². The number of nitrogens with one attached hydrogen (secondary N) is 1. The molecule has 90 valence electrons. The van der Waals surface area contributed by atoms with E-state index in [2.05, 4.69) is 9.71 Å². The zero-order valence-corrected chi connectivity index (χ0v) is 10.2. The highest BCUT2D eigenvalue weighted by Crippen LogP contribution is 2.25. The van der Waals surface area contributed by atoms with Gasteiger partial charge >= 0.3 is 0 Å². The second kappa shape index (κ2) is 4.31. The summed E-state index contributed by atoms with van der Waals surface area (Å²) in [6.07, 6.45) is 1.55. The molecule has 2 rings (SSSR count). The van der Waals surface area contributed by atoms with E-state index < -0.39 is 10.0 Å². The summed E-state index contributed by atoms with van der Waals surface area (Å²) in [6.45, 7) is 2.06. The summed E-state index contributed by atoms with van der Waals surface area (Å²) >= 11 is 0. The summed E-state index contributed by atoms with van der Waals surface area (Å²) in [5.74, 6) is 0. The zero-order chi connectivity index (χ0) is 12.5. The third-order valence-corrected chi connectivity index (χ3v) is 3.97. The third kappa shape index (κ3) is 2.09. The highest BCUT2D eigenvalue weighted by atomic mass is 32.2. The van der Waals surface area contributed by atoms with Crippen LogP contribution in [0.2, 0.25) is 0 Å². The monoisotopic (exact) mass is 251 g/mol. The van der Waals surface area contributed by atoms with Crippen LogP contribution in [0.25, 0.3) is 10.9 Å². The van der Waals surface area contributed by atoms with Gasteiger partial charge in [0, 0.05) is 23.8 Å². The minimum Gasteiger partial charge on any atom is -0.398 e. The fourth-order valence-electron chi connectivity index (χ4n) is 1.65. The van der Waals surface area contributed by atoms with Gasteiger partial charge in [-0.2, -0.15) is 0 Å². The molecule has 0 unspecified atom stereocenters. The van der Waals surface area contributed by atoms with Crippen LogP contribution in [0, 0.1) is 0 Å². The van der Waals surface area contributed by atoms with Gasteiger partial charge in [-0.15, -0.1) is 0 Å². The Morgan fingerprint density at radius 2 is 2.12 bits per heavy atom. The van der Waals surface area contributed by atoms with E-state index in [1.54, 1.807) is 31.3 Å². The molecular formula is C11H13N3O2S. The third-order valence-electron chi connectivity index (χ3n) is 2.39. The number of aromatic nitrogens is 1. The molecule has 3 N–H and O–H groups in total. The fourth-order valence-corrected chi connectivity index (χ4v) is 2.85. The lowest BCUT2D eigenvalue weighted by Crippen LogP contribution is -2.23. The van der Waals surface area contributed by atoms with Gasteiger partial charge in [0.15, 0.2) is 0 Å². The number of nitrogen functional groups attached to an aromatic ring is 1. The van der Waals surface area contributed by atoms with Crippen molar-refractivity contribution in [2.24, 2.45) is 0 Å². The number of pyridine rings is 1. The molecule has 0 saturated carbocycles. The Morgan fingerprint density at radius 1 is 1.35 bits per heavy atom. The normalized spacial score (nSPS) is 11.8. The van der Waals surface area contributed by atoms with E-state index in [9.17, 15) is 8.42 Å². The van der Waals surface area contributed by atoms with E-state index in [-0.39, 0.29) is 4.90 Å². The fraction of sp³-hybridized carbons (Fsp3) is 0.182. The minimum absolute atomic E-state index is 0.157. The largest absolute Gasteiger partial charge is 0.398 e. The molecule has 0 aliphatic rings. The van der Waals surface area contributed by atoms with Crippen LogP contribution in [0.3, 0.4) is 0 Å². The second-order valence-electron chi connectivity index (χ2n) is 3.55. The Hall–Kier alpha value is -1.66. The average Bonchev–Trinajstić information content (AvgIpc) is 2.29. The number of rotatable bonds is 3. The number of anilines is 1. The smallest absolute Gasteiger partial charge is 0.242 e. The van der Waals surface area contributed by atoms with Gasteiger partial charge in [0.25, 0.3) is 0 Å². The predicted octanol–water partition coefficient (Wildman–Crippen LogP) is 1.12. The van der Waals surface area contributed by atoms with Crippen LogP contribution >= 0.6 is 0 Å². The van der Waals surface area contributed by atoms with Gasteiger partial charge in [-0.05, 0) is 24.3 Å². The average molecular weight is 251 g/mol. The number of nitrogens with two attached hydrogens (primary N) is 1. The van der Waals surface area contributed by atoms with Crippen LogP contribution in [0.4, 0.5) is 5.69 Å². The van der Waals surface area contributed by atoms with Crippen LogP contribution in [0.1, 0.15) is 6.92 Å². The van der Waals surface area contributed by atoms with Crippen molar-refractivity contribution in [1.29, 1.82) is 0 Å². The van der Waals surface area contributed by atoms with Crippen molar-refractivity contribution in [3.63, 3.8) is 0 Å². The Kier molecular flexibility index (Phi) is 2.99. The Balaban J connectivity index is 2.76. The maximum Gasteiger partial charge on any atom is 0.242 e. The molecule has 1 heterocycles. The van der Waals surface area contributed by atoms with Crippen molar-refractivity contribution >= 4 is 26.6 Å². The van der Waals surface area contributed by atoms with E-state index >= 15 is 0 Å². The molecule has 6 heteroatoms. The van der Waals surface area contributed by atoms with E-state index in [1.165, 1.54) is 6.07 Å². The van der Waals surface area contributed by atoms with E-state index in [4.69, 9.17) is 5.73 Å². The molecule has 0 atom stereocenters. The molecule has 0 fully saturated rings. The maximum absolute atomic E-state index is 12.0. The lowest BCUT2D eigenvalue weighted by molar-refractivity contribution is 0.584. The summed E-state index contributed by atoms with van der Waals surface area (Å²) in [7, 11) is -3.52. The summed E-state index contributed by atoms with van der Waals surface area (Å²) in [5, 5.41) is 0.645. The molecule has 0 amide bonds. The molecule has 0 bridgehead atoms. The van der Waals surface area contributed by atoms with Crippen molar-refractivity contribution < 1.29 is 8.42 Å². The number of nitrogens with zero attached hydrogens (tertiary/aromatic N) is 1. The topological polar surface area (TPSA) is 85.1 Å². The molecule has 2 aromatic rings. The van der Waals surface area contributed by atoms with Crippen LogP contribution < -0.4 is 10.5 Å². The summed E-state index contributed by atoms with van der Waals surface area (Å²) in [6, 6.07) is 6.53.